The van der Waals surface area contributed by atoms with Crippen LogP contribution in [-0.2, 0) is 9.47 Å². The fourth-order valence-electron chi connectivity index (χ4n) is 0.413. The number of ether oxygens (including phenoxy) is 2. The number of hydrogen-bond acceptors (Lipinski definition) is 3. The zero-order valence-electron chi connectivity index (χ0n) is 6.47. The SMILES string of the molecule is C=C(OC#N)OC(C)(C)C. The Morgan fingerprint density at radius 1 is 1.50 bits per heavy atom. The Hall–Kier alpha value is -1.17. The highest BCUT2D eigenvalue weighted by Gasteiger charge is 2.12. The predicted molar refractivity (Wildman–Crippen MR) is 36.7 cm³/mol. The minimum atomic E-state index is -0.353. The van der Waals surface area contributed by atoms with E-state index in [4.69, 9.17) is 10.00 Å². The third kappa shape index (κ3) is 4.98. The maximum Gasteiger partial charge on any atom is 0.295 e. The van der Waals surface area contributed by atoms with E-state index < -0.39 is 0 Å². The molecule has 0 radical (unpaired) electrons. The Kier molecular flexibility index (Phi) is 2.75. The minimum Gasteiger partial charge on any atom is -0.459 e. The van der Waals surface area contributed by atoms with Crippen LogP contribution in [0.3, 0.4) is 0 Å². The van der Waals surface area contributed by atoms with Crippen molar-refractivity contribution in [3.8, 4) is 6.26 Å². The average molecular weight is 141 g/mol. The predicted octanol–water partition coefficient (Wildman–Crippen LogP) is 1.77. The van der Waals surface area contributed by atoms with Crippen molar-refractivity contribution < 1.29 is 9.47 Å². The maximum absolute atomic E-state index is 8.02. The second kappa shape index (κ2) is 3.11. The molecule has 0 saturated heterocycles. The van der Waals surface area contributed by atoms with E-state index in [1.165, 1.54) is 6.26 Å². The van der Waals surface area contributed by atoms with Crippen LogP contribution in [0.5, 0.6) is 0 Å². The fourth-order valence-corrected chi connectivity index (χ4v) is 0.413. The summed E-state index contributed by atoms with van der Waals surface area (Å²) in [4.78, 5) is 0. The summed E-state index contributed by atoms with van der Waals surface area (Å²) in [5, 5.41) is 8.02. The van der Waals surface area contributed by atoms with Crippen LogP contribution < -0.4 is 0 Å². The van der Waals surface area contributed by atoms with Crippen LogP contribution >= 0.6 is 0 Å². The van der Waals surface area contributed by atoms with E-state index in [1.807, 2.05) is 20.8 Å². The van der Waals surface area contributed by atoms with Gasteiger partial charge in [-0.05, 0) is 27.4 Å². The van der Waals surface area contributed by atoms with Crippen molar-refractivity contribution in [2.45, 2.75) is 26.4 Å². The van der Waals surface area contributed by atoms with E-state index in [9.17, 15) is 0 Å². The zero-order valence-corrected chi connectivity index (χ0v) is 6.47. The summed E-state index contributed by atoms with van der Waals surface area (Å²) < 4.78 is 9.35. The first-order valence-electron chi connectivity index (χ1n) is 2.89. The van der Waals surface area contributed by atoms with Crippen molar-refractivity contribution in [2.24, 2.45) is 0 Å². The molecule has 0 spiro atoms. The lowest BCUT2D eigenvalue weighted by Gasteiger charge is -2.19. The molecule has 0 aromatic heterocycles. The first-order valence-corrected chi connectivity index (χ1v) is 2.89. The molecule has 0 saturated carbocycles. The molecule has 0 N–H and O–H groups in total. The first-order chi connectivity index (χ1) is 4.45. The van der Waals surface area contributed by atoms with Gasteiger partial charge >= 0.3 is 0 Å². The van der Waals surface area contributed by atoms with Gasteiger partial charge in [-0.25, -0.2) is 0 Å². The topological polar surface area (TPSA) is 42.2 Å². The smallest absolute Gasteiger partial charge is 0.295 e. The lowest BCUT2D eigenvalue weighted by atomic mass is 10.2. The van der Waals surface area contributed by atoms with E-state index in [-0.39, 0.29) is 11.5 Å². The summed E-state index contributed by atoms with van der Waals surface area (Å²) in [5.74, 6) is 0.0370. The molecular weight excluding hydrogens is 130 g/mol. The van der Waals surface area contributed by atoms with Crippen molar-refractivity contribution in [1.29, 1.82) is 5.26 Å². The zero-order chi connectivity index (χ0) is 8.20. The van der Waals surface area contributed by atoms with Gasteiger partial charge in [0.2, 0.25) is 0 Å². The maximum atomic E-state index is 8.02. The van der Waals surface area contributed by atoms with Crippen LogP contribution in [0.25, 0.3) is 0 Å². The molecule has 56 valence electrons. The molecule has 0 aromatic rings. The standard InChI is InChI=1S/C7H11NO2/c1-6(9-5-8)10-7(2,3)4/h1H2,2-4H3. The Morgan fingerprint density at radius 2 is 2.00 bits per heavy atom. The largest absolute Gasteiger partial charge is 0.459 e. The van der Waals surface area contributed by atoms with Gasteiger partial charge in [0.15, 0.2) is 0 Å². The molecule has 0 fully saturated rings. The summed E-state index contributed by atoms with van der Waals surface area (Å²) in [5.41, 5.74) is -0.353. The van der Waals surface area contributed by atoms with Crippen LogP contribution in [0.2, 0.25) is 0 Å². The van der Waals surface area contributed by atoms with Crippen molar-refractivity contribution >= 4 is 0 Å². The molecule has 0 atom stereocenters. The van der Waals surface area contributed by atoms with E-state index in [0.717, 1.165) is 0 Å². The summed E-state index contributed by atoms with van der Waals surface area (Å²) in [6.07, 6.45) is 1.47. The third-order valence-corrected chi connectivity index (χ3v) is 0.580. The molecule has 3 nitrogen and oxygen atoms in total. The molecule has 0 aliphatic carbocycles. The third-order valence-electron chi connectivity index (χ3n) is 0.580. The van der Waals surface area contributed by atoms with Crippen LogP contribution in [0.15, 0.2) is 12.5 Å². The van der Waals surface area contributed by atoms with Gasteiger partial charge in [0, 0.05) is 0 Å². The van der Waals surface area contributed by atoms with Gasteiger partial charge in [-0.15, -0.1) is 5.26 Å². The van der Waals surface area contributed by atoms with Gasteiger partial charge in [-0.1, -0.05) is 0 Å². The van der Waals surface area contributed by atoms with Crippen LogP contribution in [0.1, 0.15) is 20.8 Å². The number of hydrogen-bond donors (Lipinski definition) is 0. The van der Waals surface area contributed by atoms with Gasteiger partial charge < -0.3 is 9.47 Å². The van der Waals surface area contributed by atoms with Crippen LogP contribution in [0, 0.1) is 11.5 Å². The normalized spacial score (nSPS) is 9.80. The quantitative estimate of drug-likeness (QED) is 0.434. The van der Waals surface area contributed by atoms with E-state index in [1.54, 1.807) is 0 Å². The van der Waals surface area contributed by atoms with Crippen LogP contribution in [0.4, 0.5) is 0 Å². The summed E-state index contributed by atoms with van der Waals surface area (Å²) >= 11 is 0. The molecule has 0 aliphatic rings. The van der Waals surface area contributed by atoms with E-state index in [2.05, 4.69) is 11.3 Å². The molecule has 0 bridgehead atoms. The number of rotatable bonds is 2. The highest BCUT2D eigenvalue weighted by Crippen LogP contribution is 2.11. The van der Waals surface area contributed by atoms with Gasteiger partial charge in [-0.2, -0.15) is 0 Å². The van der Waals surface area contributed by atoms with Crippen molar-refractivity contribution in [2.75, 3.05) is 0 Å². The Bertz CT molecular complexity index is 161. The van der Waals surface area contributed by atoms with Gasteiger partial charge in [0.05, 0.1) is 0 Å². The highest BCUT2D eigenvalue weighted by molar-refractivity contribution is 4.77. The lowest BCUT2D eigenvalue weighted by molar-refractivity contribution is -0.0142. The molecule has 0 unspecified atom stereocenters. The lowest BCUT2D eigenvalue weighted by Crippen LogP contribution is -2.18. The van der Waals surface area contributed by atoms with Gasteiger partial charge in [0.1, 0.15) is 5.60 Å². The Balaban J connectivity index is 3.72. The molecule has 10 heavy (non-hydrogen) atoms. The average Bonchev–Trinajstić information content (AvgIpc) is 1.59. The molecule has 0 rings (SSSR count). The fraction of sp³-hybridized carbons (Fsp3) is 0.571. The molecule has 0 aliphatic heterocycles. The summed E-state index contributed by atoms with van der Waals surface area (Å²) in [7, 11) is 0. The van der Waals surface area contributed by atoms with E-state index >= 15 is 0 Å². The second-order valence-corrected chi connectivity index (χ2v) is 2.78. The highest BCUT2D eigenvalue weighted by atomic mass is 16.7. The Morgan fingerprint density at radius 3 is 2.30 bits per heavy atom. The first kappa shape index (κ1) is 8.83. The van der Waals surface area contributed by atoms with Crippen molar-refractivity contribution in [1.82, 2.24) is 0 Å². The Labute approximate surface area is 60.9 Å². The van der Waals surface area contributed by atoms with Gasteiger partial charge in [-0.3, -0.25) is 0 Å². The monoisotopic (exact) mass is 141 g/mol. The van der Waals surface area contributed by atoms with Crippen molar-refractivity contribution in [3.05, 3.63) is 12.5 Å². The second-order valence-electron chi connectivity index (χ2n) is 2.78. The molecule has 0 heterocycles. The minimum absolute atomic E-state index is 0.0370. The number of nitrogens with zero attached hydrogens (tertiary/aromatic N) is 1. The number of nitriles is 1. The van der Waals surface area contributed by atoms with E-state index in [0.29, 0.717) is 0 Å². The summed E-state index contributed by atoms with van der Waals surface area (Å²) in [6.45, 7) is 8.90. The van der Waals surface area contributed by atoms with Gasteiger partial charge in [0.25, 0.3) is 12.2 Å². The van der Waals surface area contributed by atoms with Crippen LogP contribution in [-0.4, -0.2) is 5.60 Å². The molecular formula is C7H11NO2. The summed E-state index contributed by atoms with van der Waals surface area (Å²) in [6, 6.07) is 0. The van der Waals surface area contributed by atoms with Crippen molar-refractivity contribution in [3.63, 3.8) is 0 Å². The molecule has 3 heteroatoms. The molecule has 0 amide bonds. The molecule has 0 aromatic carbocycles.